The number of hydrogen-bond acceptors (Lipinski definition) is 5. The van der Waals surface area contributed by atoms with Crippen molar-refractivity contribution in [3.8, 4) is 0 Å². The van der Waals surface area contributed by atoms with Gasteiger partial charge >= 0.3 is 0 Å². The fourth-order valence-corrected chi connectivity index (χ4v) is 2.50. The van der Waals surface area contributed by atoms with Crippen molar-refractivity contribution < 1.29 is 9.72 Å². The first-order valence-electron chi connectivity index (χ1n) is 8.11. The summed E-state index contributed by atoms with van der Waals surface area (Å²) in [6.45, 7) is 1.86. The number of hydrogen-bond donors (Lipinski definition) is 2. The molecule has 0 heterocycles. The summed E-state index contributed by atoms with van der Waals surface area (Å²) in [5, 5.41) is 17.0. The van der Waals surface area contributed by atoms with Crippen molar-refractivity contribution in [2.75, 3.05) is 37.8 Å². The van der Waals surface area contributed by atoms with Gasteiger partial charge in [-0.05, 0) is 57.4 Å². The zero-order valence-corrected chi connectivity index (χ0v) is 15.4. The topological polar surface area (TPSA) is 87.5 Å². The Balaban J connectivity index is 1.97. The minimum Gasteiger partial charge on any atom is -0.385 e. The molecule has 2 N–H and O–H groups in total. The van der Waals surface area contributed by atoms with E-state index in [1.165, 1.54) is 18.2 Å². The molecular formula is C18H21ClN4O3. The van der Waals surface area contributed by atoms with E-state index in [0.29, 0.717) is 5.69 Å². The zero-order valence-electron chi connectivity index (χ0n) is 14.7. The Hall–Kier alpha value is -2.64. The van der Waals surface area contributed by atoms with Gasteiger partial charge in [-0.1, -0.05) is 11.6 Å². The highest BCUT2D eigenvalue weighted by Crippen LogP contribution is 2.23. The van der Waals surface area contributed by atoms with Crippen LogP contribution in [0, 0.1) is 10.1 Å². The molecule has 2 aromatic rings. The monoisotopic (exact) mass is 376 g/mol. The van der Waals surface area contributed by atoms with Crippen LogP contribution in [0.5, 0.6) is 0 Å². The van der Waals surface area contributed by atoms with E-state index in [9.17, 15) is 14.9 Å². The molecule has 0 saturated heterocycles. The number of rotatable bonds is 8. The number of anilines is 2. The number of nitrogens with zero attached hydrogens (tertiary/aromatic N) is 2. The van der Waals surface area contributed by atoms with Crippen molar-refractivity contribution >= 4 is 34.6 Å². The Kier molecular flexibility index (Phi) is 6.94. The number of carbonyl (C=O) groups excluding carboxylic acids is 1. The molecule has 0 aliphatic carbocycles. The molecule has 0 unspecified atom stereocenters. The van der Waals surface area contributed by atoms with Gasteiger partial charge in [0, 0.05) is 30.1 Å². The Morgan fingerprint density at radius 3 is 2.42 bits per heavy atom. The van der Waals surface area contributed by atoms with Crippen LogP contribution in [0.1, 0.15) is 16.8 Å². The van der Waals surface area contributed by atoms with Crippen molar-refractivity contribution in [1.82, 2.24) is 4.90 Å². The Labute approximate surface area is 157 Å². The third kappa shape index (κ3) is 5.72. The van der Waals surface area contributed by atoms with Gasteiger partial charge in [0.1, 0.15) is 0 Å². The molecule has 8 heteroatoms. The van der Waals surface area contributed by atoms with Crippen LogP contribution in [0.15, 0.2) is 42.5 Å². The van der Waals surface area contributed by atoms with Crippen molar-refractivity contribution in [2.24, 2.45) is 0 Å². The van der Waals surface area contributed by atoms with Crippen LogP contribution in [0.2, 0.25) is 5.02 Å². The van der Waals surface area contributed by atoms with E-state index in [1.807, 2.05) is 26.2 Å². The maximum absolute atomic E-state index is 12.3. The van der Waals surface area contributed by atoms with Gasteiger partial charge in [-0.25, -0.2) is 0 Å². The first kappa shape index (κ1) is 19.7. The second-order valence-corrected chi connectivity index (χ2v) is 6.44. The summed E-state index contributed by atoms with van der Waals surface area (Å²) < 4.78 is 0. The molecule has 2 rings (SSSR count). The van der Waals surface area contributed by atoms with Gasteiger partial charge in [0.25, 0.3) is 11.6 Å². The smallest absolute Gasteiger partial charge is 0.270 e. The molecule has 0 aliphatic heterocycles. The van der Waals surface area contributed by atoms with Crippen molar-refractivity contribution in [3.63, 3.8) is 0 Å². The lowest BCUT2D eigenvalue weighted by Crippen LogP contribution is -2.16. The molecule has 2 aromatic carbocycles. The number of amides is 1. The molecule has 0 aliphatic rings. The van der Waals surface area contributed by atoms with Crippen LogP contribution in [0.25, 0.3) is 0 Å². The predicted molar refractivity (Wildman–Crippen MR) is 104 cm³/mol. The van der Waals surface area contributed by atoms with Crippen molar-refractivity contribution in [1.29, 1.82) is 0 Å². The number of nitro groups is 1. The number of halogens is 1. The molecule has 138 valence electrons. The van der Waals surface area contributed by atoms with E-state index in [2.05, 4.69) is 15.5 Å². The molecule has 0 fully saturated rings. The molecule has 1 amide bonds. The number of nitrogens with one attached hydrogen (secondary N) is 2. The normalized spacial score (nSPS) is 10.6. The van der Waals surface area contributed by atoms with E-state index in [1.54, 1.807) is 12.1 Å². The highest BCUT2D eigenvalue weighted by Gasteiger charge is 2.16. The second kappa shape index (κ2) is 9.17. The molecule has 0 aromatic heterocycles. The standard InChI is InChI=1S/C18H21ClN4O3/c1-22(2)11-3-10-20-13-4-6-14(7-5-13)21-18(24)16-12-15(23(25)26)8-9-17(16)19/h4-9,12,20H,3,10-11H2,1-2H3,(H,21,24). The van der Waals surface area contributed by atoms with Gasteiger partial charge in [0.05, 0.1) is 15.5 Å². The van der Waals surface area contributed by atoms with E-state index in [0.717, 1.165) is 25.2 Å². The van der Waals surface area contributed by atoms with Gasteiger partial charge in [-0.2, -0.15) is 0 Å². The Morgan fingerprint density at radius 2 is 1.81 bits per heavy atom. The fourth-order valence-electron chi connectivity index (χ4n) is 2.30. The number of nitro benzene ring substituents is 1. The maximum atomic E-state index is 12.3. The SMILES string of the molecule is CN(C)CCCNc1ccc(NC(=O)c2cc([N+](=O)[O-])ccc2Cl)cc1. The fraction of sp³-hybridized carbons (Fsp3) is 0.278. The van der Waals surface area contributed by atoms with Gasteiger partial charge in [-0.15, -0.1) is 0 Å². The lowest BCUT2D eigenvalue weighted by atomic mass is 10.1. The van der Waals surface area contributed by atoms with Crippen LogP contribution in [0.4, 0.5) is 17.1 Å². The van der Waals surface area contributed by atoms with E-state index < -0.39 is 10.8 Å². The highest BCUT2D eigenvalue weighted by molar-refractivity contribution is 6.34. The average Bonchev–Trinajstić information content (AvgIpc) is 2.60. The predicted octanol–water partition coefficient (Wildman–Crippen LogP) is 3.86. The lowest BCUT2D eigenvalue weighted by Gasteiger charge is -2.11. The maximum Gasteiger partial charge on any atom is 0.270 e. The summed E-state index contributed by atoms with van der Waals surface area (Å²) in [5.74, 6) is -0.495. The number of benzene rings is 2. The minimum absolute atomic E-state index is 0.0618. The van der Waals surface area contributed by atoms with Crippen LogP contribution in [-0.2, 0) is 0 Å². The molecule has 7 nitrogen and oxygen atoms in total. The molecule has 26 heavy (non-hydrogen) atoms. The van der Waals surface area contributed by atoms with E-state index in [4.69, 9.17) is 11.6 Å². The largest absolute Gasteiger partial charge is 0.385 e. The van der Waals surface area contributed by atoms with Gasteiger partial charge in [0.2, 0.25) is 0 Å². The van der Waals surface area contributed by atoms with Gasteiger partial charge < -0.3 is 15.5 Å². The first-order chi connectivity index (χ1) is 12.4. The minimum atomic E-state index is -0.566. The third-order valence-corrected chi connectivity index (χ3v) is 3.99. The molecule has 0 radical (unpaired) electrons. The van der Waals surface area contributed by atoms with Crippen molar-refractivity contribution in [3.05, 3.63) is 63.2 Å². The van der Waals surface area contributed by atoms with Gasteiger partial charge in [0.15, 0.2) is 0 Å². The van der Waals surface area contributed by atoms with Gasteiger partial charge in [-0.3, -0.25) is 14.9 Å². The number of non-ortho nitro benzene ring substituents is 1. The summed E-state index contributed by atoms with van der Waals surface area (Å²) in [7, 11) is 4.07. The average molecular weight is 377 g/mol. The zero-order chi connectivity index (χ0) is 19.1. The van der Waals surface area contributed by atoms with Crippen LogP contribution in [-0.4, -0.2) is 42.9 Å². The second-order valence-electron chi connectivity index (χ2n) is 6.04. The quantitative estimate of drug-likeness (QED) is 0.415. The van der Waals surface area contributed by atoms with E-state index >= 15 is 0 Å². The molecular weight excluding hydrogens is 356 g/mol. The van der Waals surface area contributed by atoms with Crippen LogP contribution in [0.3, 0.4) is 0 Å². The summed E-state index contributed by atoms with van der Waals surface area (Å²) in [6, 6.07) is 11.0. The van der Waals surface area contributed by atoms with Crippen LogP contribution < -0.4 is 10.6 Å². The first-order valence-corrected chi connectivity index (χ1v) is 8.48. The third-order valence-electron chi connectivity index (χ3n) is 3.66. The lowest BCUT2D eigenvalue weighted by molar-refractivity contribution is -0.384. The Morgan fingerprint density at radius 1 is 1.15 bits per heavy atom. The molecule has 0 atom stereocenters. The molecule has 0 bridgehead atoms. The summed E-state index contributed by atoms with van der Waals surface area (Å²) >= 11 is 5.98. The molecule has 0 spiro atoms. The van der Waals surface area contributed by atoms with Crippen molar-refractivity contribution in [2.45, 2.75) is 6.42 Å². The molecule has 0 saturated carbocycles. The van der Waals surface area contributed by atoms with Crippen LogP contribution >= 0.6 is 11.6 Å². The summed E-state index contributed by atoms with van der Waals surface area (Å²) in [4.78, 5) is 24.7. The Bertz CT molecular complexity index is 779. The summed E-state index contributed by atoms with van der Waals surface area (Å²) in [5.41, 5.74) is 1.41. The summed E-state index contributed by atoms with van der Waals surface area (Å²) in [6.07, 6.45) is 1.02. The van der Waals surface area contributed by atoms with E-state index in [-0.39, 0.29) is 16.3 Å². The highest BCUT2D eigenvalue weighted by atomic mass is 35.5. The number of carbonyl (C=O) groups is 1.